The normalized spacial score (nSPS) is 11.7. The second kappa shape index (κ2) is 6.36. The molecule has 2 amide bonds. The highest BCUT2D eigenvalue weighted by atomic mass is 16.4. The molecule has 1 aromatic heterocycles. The number of hydrogen-bond donors (Lipinski definition) is 2. The van der Waals surface area contributed by atoms with E-state index in [0.29, 0.717) is 0 Å². The number of nitrogens with zero attached hydrogens (tertiary/aromatic N) is 1. The quantitative estimate of drug-likeness (QED) is 0.874. The number of aromatic carboxylic acids is 1. The minimum Gasteiger partial charge on any atom is -0.545 e. The highest BCUT2D eigenvalue weighted by molar-refractivity contribution is 6.01. The molecular formula is C16H22N3O4-. The van der Waals surface area contributed by atoms with Crippen molar-refractivity contribution in [1.82, 2.24) is 4.98 Å². The molecule has 126 valence electrons. The van der Waals surface area contributed by atoms with Crippen molar-refractivity contribution in [3.63, 3.8) is 0 Å². The molecule has 7 heteroatoms. The fraction of sp³-hybridized carbons (Fsp3) is 0.500. The summed E-state index contributed by atoms with van der Waals surface area (Å²) in [6, 6.07) is 2.58. The van der Waals surface area contributed by atoms with Gasteiger partial charge in [0.15, 0.2) is 0 Å². The third-order valence-electron chi connectivity index (χ3n) is 2.95. The van der Waals surface area contributed by atoms with E-state index in [4.69, 9.17) is 0 Å². The van der Waals surface area contributed by atoms with Gasteiger partial charge in [0.05, 0.1) is 5.97 Å². The van der Waals surface area contributed by atoms with Crippen LogP contribution in [0.3, 0.4) is 0 Å². The van der Waals surface area contributed by atoms with Gasteiger partial charge < -0.3 is 20.5 Å². The van der Waals surface area contributed by atoms with E-state index in [1.165, 1.54) is 12.1 Å². The van der Waals surface area contributed by atoms with Crippen LogP contribution < -0.4 is 15.7 Å². The maximum atomic E-state index is 12.0. The molecule has 0 spiro atoms. The van der Waals surface area contributed by atoms with Crippen LogP contribution in [0.2, 0.25) is 0 Å². The molecule has 0 aliphatic carbocycles. The number of carbonyl (C=O) groups is 3. The van der Waals surface area contributed by atoms with Crippen LogP contribution in [0, 0.1) is 10.8 Å². The fourth-order valence-corrected chi connectivity index (χ4v) is 1.39. The molecule has 0 aromatic carbocycles. The molecule has 1 aromatic rings. The van der Waals surface area contributed by atoms with Crippen LogP contribution >= 0.6 is 0 Å². The molecule has 0 saturated carbocycles. The number of carboxylic acid groups (broad SMARTS) is 1. The van der Waals surface area contributed by atoms with Crippen LogP contribution in [-0.2, 0) is 9.59 Å². The van der Waals surface area contributed by atoms with Crippen molar-refractivity contribution >= 4 is 29.4 Å². The number of nitrogens with one attached hydrogen (secondary N) is 2. The van der Waals surface area contributed by atoms with Gasteiger partial charge in [0.1, 0.15) is 11.6 Å². The average Bonchev–Trinajstić information content (AvgIpc) is 2.36. The number of hydrogen-bond acceptors (Lipinski definition) is 5. The molecular weight excluding hydrogens is 298 g/mol. The molecule has 0 aliphatic rings. The summed E-state index contributed by atoms with van der Waals surface area (Å²) in [5.74, 6) is -2.14. The molecule has 1 rings (SSSR count). The molecule has 23 heavy (non-hydrogen) atoms. The minimum atomic E-state index is -1.46. The molecule has 1 heterocycles. The minimum absolute atomic E-state index is 0.152. The lowest BCUT2D eigenvalue weighted by Crippen LogP contribution is -2.32. The first-order valence-corrected chi connectivity index (χ1v) is 7.17. The van der Waals surface area contributed by atoms with Crippen molar-refractivity contribution < 1.29 is 19.5 Å². The van der Waals surface area contributed by atoms with Crippen LogP contribution in [0.15, 0.2) is 12.1 Å². The lowest BCUT2D eigenvalue weighted by molar-refractivity contribution is -0.254. The van der Waals surface area contributed by atoms with Gasteiger partial charge in [-0.1, -0.05) is 41.5 Å². The zero-order chi connectivity index (χ0) is 18.0. The predicted octanol–water partition coefficient (Wildman–Crippen LogP) is 1.41. The third kappa shape index (κ3) is 5.05. The van der Waals surface area contributed by atoms with Crippen molar-refractivity contribution in [3.05, 3.63) is 17.7 Å². The summed E-state index contributed by atoms with van der Waals surface area (Å²) in [6.45, 7) is 10.3. The Hall–Kier alpha value is -2.44. The van der Waals surface area contributed by atoms with Crippen molar-refractivity contribution in [2.75, 3.05) is 10.6 Å². The van der Waals surface area contributed by atoms with E-state index < -0.39 is 22.7 Å². The van der Waals surface area contributed by atoms with Crippen LogP contribution in [-0.4, -0.2) is 22.8 Å². The Morgan fingerprint density at radius 1 is 0.913 bits per heavy atom. The summed E-state index contributed by atoms with van der Waals surface area (Å²) in [6.07, 6.45) is 0. The van der Waals surface area contributed by atoms with Gasteiger partial charge >= 0.3 is 0 Å². The lowest BCUT2D eigenvalue weighted by Gasteiger charge is -2.21. The standard InChI is InChI=1S/C16H23N3O4/c1-15(2,3)13(22)18-10-8-7-9(12(20)21)11(17-10)19-14(23)16(4,5)6/h7-8H,1-6H3,(H,20,21)(H2,17,18,19,22,23)/p-1. The Balaban J connectivity index is 3.16. The Bertz CT molecular complexity index is 640. The number of carboxylic acids is 1. The first kappa shape index (κ1) is 18.6. The van der Waals surface area contributed by atoms with Gasteiger partial charge in [0.25, 0.3) is 0 Å². The molecule has 0 fully saturated rings. The highest BCUT2D eigenvalue weighted by Gasteiger charge is 2.24. The Morgan fingerprint density at radius 3 is 1.83 bits per heavy atom. The van der Waals surface area contributed by atoms with Gasteiger partial charge in [-0.05, 0) is 12.1 Å². The molecule has 7 nitrogen and oxygen atoms in total. The first-order valence-electron chi connectivity index (χ1n) is 7.17. The van der Waals surface area contributed by atoms with Crippen LogP contribution in [0.5, 0.6) is 0 Å². The van der Waals surface area contributed by atoms with Crippen molar-refractivity contribution in [2.24, 2.45) is 10.8 Å². The van der Waals surface area contributed by atoms with E-state index in [2.05, 4.69) is 15.6 Å². The van der Waals surface area contributed by atoms with Crippen LogP contribution in [0.1, 0.15) is 51.9 Å². The monoisotopic (exact) mass is 320 g/mol. The van der Waals surface area contributed by atoms with E-state index >= 15 is 0 Å². The topological polar surface area (TPSA) is 111 Å². The zero-order valence-electron chi connectivity index (χ0n) is 14.2. The summed E-state index contributed by atoms with van der Waals surface area (Å²) in [5.41, 5.74) is -1.62. The van der Waals surface area contributed by atoms with E-state index in [1.54, 1.807) is 41.5 Å². The van der Waals surface area contributed by atoms with E-state index in [1.807, 2.05) is 0 Å². The van der Waals surface area contributed by atoms with E-state index in [0.717, 1.165) is 0 Å². The highest BCUT2D eigenvalue weighted by Crippen LogP contribution is 2.22. The summed E-state index contributed by atoms with van der Waals surface area (Å²) >= 11 is 0. The Morgan fingerprint density at radius 2 is 1.39 bits per heavy atom. The number of anilines is 2. The SMILES string of the molecule is CC(C)(C)C(=O)Nc1ccc(C(=O)[O-])c(NC(=O)C(C)(C)C)n1. The molecule has 0 atom stereocenters. The first-order chi connectivity index (χ1) is 10.3. The summed E-state index contributed by atoms with van der Waals surface area (Å²) in [7, 11) is 0. The number of rotatable bonds is 3. The van der Waals surface area contributed by atoms with E-state index in [-0.39, 0.29) is 23.1 Å². The molecule has 2 N–H and O–H groups in total. The molecule has 0 unspecified atom stereocenters. The Kier molecular flexibility index (Phi) is 5.14. The average molecular weight is 320 g/mol. The second-order valence-electron chi connectivity index (χ2n) is 7.29. The number of pyridine rings is 1. The number of carbonyl (C=O) groups excluding carboxylic acids is 3. The van der Waals surface area contributed by atoms with Crippen LogP contribution in [0.25, 0.3) is 0 Å². The molecule has 0 aliphatic heterocycles. The van der Waals surface area contributed by atoms with Gasteiger partial charge in [-0.15, -0.1) is 0 Å². The van der Waals surface area contributed by atoms with Crippen LogP contribution in [0.4, 0.5) is 11.6 Å². The van der Waals surface area contributed by atoms with Gasteiger partial charge in [0.2, 0.25) is 11.8 Å². The van der Waals surface area contributed by atoms with Crippen molar-refractivity contribution in [3.8, 4) is 0 Å². The maximum absolute atomic E-state index is 12.0. The summed E-state index contributed by atoms with van der Waals surface area (Å²) < 4.78 is 0. The maximum Gasteiger partial charge on any atom is 0.230 e. The number of aromatic nitrogens is 1. The predicted molar refractivity (Wildman–Crippen MR) is 84.7 cm³/mol. The van der Waals surface area contributed by atoms with Gasteiger partial charge in [-0.25, -0.2) is 4.98 Å². The number of amides is 2. The summed E-state index contributed by atoms with van der Waals surface area (Å²) in [5, 5.41) is 16.2. The Labute approximate surface area is 135 Å². The van der Waals surface area contributed by atoms with Gasteiger partial charge in [-0.2, -0.15) is 0 Å². The van der Waals surface area contributed by atoms with Crippen molar-refractivity contribution in [2.45, 2.75) is 41.5 Å². The van der Waals surface area contributed by atoms with Gasteiger partial charge in [-0.3, -0.25) is 9.59 Å². The smallest absolute Gasteiger partial charge is 0.230 e. The zero-order valence-corrected chi connectivity index (χ0v) is 14.2. The molecule has 0 saturated heterocycles. The largest absolute Gasteiger partial charge is 0.545 e. The third-order valence-corrected chi connectivity index (χ3v) is 2.95. The van der Waals surface area contributed by atoms with Crippen molar-refractivity contribution in [1.29, 1.82) is 0 Å². The molecule has 0 radical (unpaired) electrons. The lowest BCUT2D eigenvalue weighted by atomic mass is 9.95. The van der Waals surface area contributed by atoms with E-state index in [9.17, 15) is 19.5 Å². The van der Waals surface area contributed by atoms with Gasteiger partial charge in [0, 0.05) is 16.4 Å². The summed E-state index contributed by atoms with van der Waals surface area (Å²) in [4.78, 5) is 39.2. The fourth-order valence-electron chi connectivity index (χ4n) is 1.39. The molecule has 0 bridgehead atoms. The second-order valence-corrected chi connectivity index (χ2v) is 7.29.